The molecule has 3 nitrogen and oxygen atoms in total. The minimum atomic E-state index is -0.253. The van der Waals surface area contributed by atoms with Crippen LogP contribution in [0.2, 0.25) is 0 Å². The van der Waals surface area contributed by atoms with Crippen molar-refractivity contribution in [3.63, 3.8) is 0 Å². The maximum absolute atomic E-state index is 12.4. The molecule has 3 aromatic rings. The summed E-state index contributed by atoms with van der Waals surface area (Å²) in [7, 11) is 0. The van der Waals surface area contributed by atoms with Crippen LogP contribution in [0.25, 0.3) is 0 Å². The van der Waals surface area contributed by atoms with Gasteiger partial charge in [0.05, 0.1) is 9.95 Å². The molecule has 0 unspecified atom stereocenters. The Morgan fingerprint density at radius 3 is 1.75 bits per heavy atom. The molecule has 140 valence electrons. The summed E-state index contributed by atoms with van der Waals surface area (Å²) in [5, 5.41) is 4.22. The zero-order valence-corrected chi connectivity index (χ0v) is 17.0. The minimum absolute atomic E-state index is 0.253. The van der Waals surface area contributed by atoms with Crippen molar-refractivity contribution in [2.75, 3.05) is 0 Å². The van der Waals surface area contributed by atoms with Crippen molar-refractivity contribution in [3.8, 4) is 0 Å². The first-order chi connectivity index (χ1) is 13.7. The average molecular weight is 405 g/mol. The molecule has 1 N–H and O–H groups in total. The molecule has 0 aliphatic heterocycles. The molecule has 0 saturated heterocycles. The van der Waals surface area contributed by atoms with Gasteiger partial charge in [0.2, 0.25) is 0 Å². The molecular weight excluding hydrogens is 384 g/mol. The normalized spacial score (nSPS) is 11.0. The number of nitrogens with zero attached hydrogens (tertiary/aromatic N) is 1. The summed E-state index contributed by atoms with van der Waals surface area (Å²) in [5.74, 6) is -0.253. The molecule has 0 aliphatic rings. The van der Waals surface area contributed by atoms with Crippen molar-refractivity contribution in [3.05, 3.63) is 107 Å². The molecule has 0 aromatic heterocycles. The van der Waals surface area contributed by atoms with Gasteiger partial charge in [0.25, 0.3) is 5.91 Å². The van der Waals surface area contributed by atoms with E-state index >= 15 is 0 Å². The molecule has 3 aromatic carbocycles. The highest BCUT2D eigenvalue weighted by Gasteiger charge is 2.07. The summed E-state index contributed by atoms with van der Waals surface area (Å²) in [4.78, 5) is 14.6. The van der Waals surface area contributed by atoms with Gasteiger partial charge in [0, 0.05) is 15.9 Å². The van der Waals surface area contributed by atoms with E-state index in [2.05, 4.69) is 10.5 Å². The van der Waals surface area contributed by atoms with Crippen molar-refractivity contribution >= 4 is 35.1 Å². The van der Waals surface area contributed by atoms with Gasteiger partial charge in [-0.05, 0) is 36.8 Å². The van der Waals surface area contributed by atoms with E-state index in [-0.39, 0.29) is 5.91 Å². The van der Waals surface area contributed by atoms with Crippen LogP contribution in [-0.2, 0) is 4.79 Å². The van der Waals surface area contributed by atoms with Gasteiger partial charge >= 0.3 is 0 Å². The van der Waals surface area contributed by atoms with E-state index in [0.717, 1.165) is 25.3 Å². The quantitative estimate of drug-likeness (QED) is 0.229. The Morgan fingerprint density at radius 2 is 1.25 bits per heavy atom. The molecule has 1 amide bonds. The summed E-state index contributed by atoms with van der Waals surface area (Å²) in [6.07, 6.45) is 1.59. The van der Waals surface area contributed by atoms with Crippen LogP contribution in [0, 0.1) is 0 Å². The average Bonchev–Trinajstić information content (AvgIpc) is 2.74. The van der Waals surface area contributed by atoms with Gasteiger partial charge in [0.15, 0.2) is 0 Å². The molecule has 0 spiro atoms. The number of hydrogen-bond acceptors (Lipinski definition) is 4. The van der Waals surface area contributed by atoms with E-state index in [1.54, 1.807) is 29.6 Å². The zero-order valence-electron chi connectivity index (χ0n) is 15.4. The summed E-state index contributed by atoms with van der Waals surface area (Å²) in [6, 6.07) is 29.8. The van der Waals surface area contributed by atoms with Crippen LogP contribution in [-0.4, -0.2) is 11.6 Å². The second kappa shape index (κ2) is 10.5. The van der Waals surface area contributed by atoms with Gasteiger partial charge in [-0.25, -0.2) is 5.43 Å². The Balaban J connectivity index is 1.74. The molecule has 0 bridgehead atoms. The molecule has 28 heavy (non-hydrogen) atoms. The fourth-order valence-corrected chi connectivity index (χ4v) is 4.44. The monoisotopic (exact) mass is 404 g/mol. The van der Waals surface area contributed by atoms with Crippen molar-refractivity contribution in [1.82, 2.24) is 5.43 Å². The van der Waals surface area contributed by atoms with Crippen molar-refractivity contribution in [2.24, 2.45) is 5.10 Å². The van der Waals surface area contributed by atoms with E-state index in [0.29, 0.717) is 0 Å². The lowest BCUT2D eigenvalue weighted by molar-refractivity contribution is -0.116. The Labute approximate surface area is 174 Å². The molecular formula is C23H20N2OS2. The number of hydrogen-bond donors (Lipinski definition) is 1. The lowest BCUT2D eigenvalue weighted by Crippen LogP contribution is -2.16. The number of carbonyl (C=O) groups excluding carboxylic acids is 1. The maximum atomic E-state index is 12.4. The number of nitrogens with one attached hydrogen (secondary N) is 1. The zero-order chi connectivity index (χ0) is 19.6. The summed E-state index contributed by atoms with van der Waals surface area (Å²) in [5.41, 5.74) is 4.36. The molecule has 3 rings (SSSR count). The van der Waals surface area contributed by atoms with Crippen LogP contribution < -0.4 is 5.43 Å². The van der Waals surface area contributed by atoms with E-state index in [4.69, 9.17) is 0 Å². The summed E-state index contributed by atoms with van der Waals surface area (Å²) in [6.45, 7) is 1.87. The predicted molar refractivity (Wildman–Crippen MR) is 119 cm³/mol. The number of benzene rings is 3. The lowest BCUT2D eigenvalue weighted by atomic mass is 10.1. The smallest absolute Gasteiger partial charge is 0.265 e. The fourth-order valence-electron chi connectivity index (χ4n) is 2.31. The topological polar surface area (TPSA) is 41.5 Å². The number of carbonyl (C=O) groups is 1. The van der Waals surface area contributed by atoms with E-state index in [1.807, 2.05) is 97.9 Å². The Bertz CT molecular complexity index is 912. The van der Waals surface area contributed by atoms with Gasteiger partial charge in [-0.15, -0.1) is 0 Å². The molecule has 0 heterocycles. The fraction of sp³-hybridized carbons (Fsp3) is 0.0435. The van der Waals surface area contributed by atoms with Crippen molar-refractivity contribution in [1.29, 1.82) is 0 Å². The minimum Gasteiger partial charge on any atom is -0.268 e. The summed E-state index contributed by atoms with van der Waals surface area (Å²) >= 11 is 3.11. The third kappa shape index (κ3) is 6.44. The first-order valence-electron chi connectivity index (χ1n) is 8.78. The summed E-state index contributed by atoms with van der Waals surface area (Å²) < 4.78 is 0.877. The second-order valence-electron chi connectivity index (χ2n) is 5.83. The third-order valence-electron chi connectivity index (χ3n) is 3.70. The van der Waals surface area contributed by atoms with Crippen LogP contribution in [0.1, 0.15) is 12.5 Å². The molecule has 0 radical (unpaired) electrons. The Hall–Kier alpha value is -2.76. The second-order valence-corrected chi connectivity index (χ2v) is 8.32. The first kappa shape index (κ1) is 20.0. The highest BCUT2D eigenvalue weighted by molar-refractivity contribution is 8.22. The molecule has 0 saturated carbocycles. The highest BCUT2D eigenvalue weighted by atomic mass is 32.2. The number of hydrazone groups is 1. The van der Waals surface area contributed by atoms with Crippen LogP contribution in [0.3, 0.4) is 0 Å². The van der Waals surface area contributed by atoms with E-state index < -0.39 is 0 Å². The van der Waals surface area contributed by atoms with Crippen LogP contribution in [0.4, 0.5) is 0 Å². The Kier molecular flexibility index (Phi) is 7.53. The molecule has 5 heteroatoms. The van der Waals surface area contributed by atoms with Crippen LogP contribution in [0.5, 0.6) is 0 Å². The van der Waals surface area contributed by atoms with Gasteiger partial charge < -0.3 is 0 Å². The van der Waals surface area contributed by atoms with Gasteiger partial charge in [-0.1, -0.05) is 90.3 Å². The first-order valence-corrected chi connectivity index (χ1v) is 10.4. The molecule has 0 fully saturated rings. The number of rotatable bonds is 7. The van der Waals surface area contributed by atoms with Gasteiger partial charge in [-0.2, -0.15) is 5.10 Å². The third-order valence-corrected chi connectivity index (χ3v) is 5.85. The van der Waals surface area contributed by atoms with Crippen molar-refractivity contribution < 1.29 is 4.79 Å². The molecule has 0 aliphatic carbocycles. The highest BCUT2D eigenvalue weighted by Crippen LogP contribution is 2.38. The Morgan fingerprint density at radius 1 is 0.786 bits per heavy atom. The van der Waals surface area contributed by atoms with Gasteiger partial charge in [-0.3, -0.25) is 4.79 Å². The number of thioether (sulfide) groups is 2. The SMILES string of the molecule is C/C(=N\NC(=O)C=C(Sc1ccccc1)Sc1ccccc1)c1ccccc1. The maximum Gasteiger partial charge on any atom is 0.265 e. The lowest BCUT2D eigenvalue weighted by Gasteiger charge is -2.07. The van der Waals surface area contributed by atoms with E-state index in [9.17, 15) is 4.79 Å². The number of amides is 1. The van der Waals surface area contributed by atoms with Crippen LogP contribution >= 0.6 is 23.5 Å². The van der Waals surface area contributed by atoms with Crippen LogP contribution in [0.15, 0.2) is 116 Å². The predicted octanol–water partition coefficient (Wildman–Crippen LogP) is 5.95. The molecule has 0 atom stereocenters. The van der Waals surface area contributed by atoms with Gasteiger partial charge in [0.1, 0.15) is 0 Å². The largest absolute Gasteiger partial charge is 0.268 e. The van der Waals surface area contributed by atoms with Crippen molar-refractivity contribution in [2.45, 2.75) is 16.7 Å². The standard InChI is InChI=1S/C23H20N2OS2/c1-18(19-11-5-2-6-12-19)24-25-22(26)17-23(27-20-13-7-3-8-14-20)28-21-15-9-4-10-16-21/h2-17H,1H3,(H,25,26)/b24-18+. The van der Waals surface area contributed by atoms with E-state index in [1.165, 1.54) is 0 Å².